The Morgan fingerprint density at radius 3 is 2.57 bits per heavy atom. The van der Waals surface area contributed by atoms with Crippen molar-refractivity contribution in [2.24, 2.45) is 0 Å². The third-order valence-corrected chi connectivity index (χ3v) is 3.95. The van der Waals surface area contributed by atoms with Crippen molar-refractivity contribution in [2.45, 2.75) is 19.8 Å². The van der Waals surface area contributed by atoms with Crippen molar-refractivity contribution in [3.63, 3.8) is 0 Å². The fourth-order valence-electron chi connectivity index (χ4n) is 1.98. The maximum absolute atomic E-state index is 6.09. The molecule has 0 aliphatic rings. The van der Waals surface area contributed by atoms with E-state index < -0.39 is 0 Å². The highest BCUT2D eigenvalue weighted by molar-refractivity contribution is 7.13. The highest BCUT2D eigenvalue weighted by Gasteiger charge is 2.11. The number of nitrogens with one attached hydrogen (secondary N) is 1. The minimum atomic E-state index is 0.316. The monoisotopic (exact) mass is 327 g/mol. The Morgan fingerprint density at radius 1 is 1.13 bits per heavy atom. The molecule has 3 N–H and O–H groups in total. The van der Waals surface area contributed by atoms with E-state index in [1.54, 1.807) is 6.20 Å². The molecule has 1 aromatic carbocycles. The van der Waals surface area contributed by atoms with Crippen LogP contribution in [0.5, 0.6) is 11.6 Å². The average molecular weight is 327 g/mol. The first-order valence-electron chi connectivity index (χ1n) is 7.18. The molecule has 3 rings (SSSR count). The van der Waals surface area contributed by atoms with Gasteiger partial charge in [-0.3, -0.25) is 0 Å². The van der Waals surface area contributed by atoms with Gasteiger partial charge in [0.15, 0.2) is 10.9 Å². The summed E-state index contributed by atoms with van der Waals surface area (Å²) in [6.45, 7) is 4.30. The lowest BCUT2D eigenvalue weighted by Crippen LogP contribution is -2.03. The molecule has 7 heteroatoms. The number of nitrogens with two attached hydrogens (primary N) is 1. The zero-order valence-electron chi connectivity index (χ0n) is 12.9. The van der Waals surface area contributed by atoms with Crippen LogP contribution in [0.3, 0.4) is 0 Å². The molecule has 0 bridgehead atoms. The number of anilines is 3. The number of ether oxygens (including phenoxy) is 1. The Hall–Kier alpha value is -2.67. The second kappa shape index (κ2) is 6.62. The van der Waals surface area contributed by atoms with Crippen LogP contribution in [0.1, 0.15) is 25.3 Å². The summed E-state index contributed by atoms with van der Waals surface area (Å²) in [7, 11) is 0. The predicted octanol–water partition coefficient (Wildman–Crippen LogP) is 4.17. The number of hydrogen-bond acceptors (Lipinski definition) is 7. The van der Waals surface area contributed by atoms with E-state index in [0.29, 0.717) is 34.2 Å². The molecule has 0 unspecified atom stereocenters. The molecule has 2 heterocycles. The maximum atomic E-state index is 6.09. The van der Waals surface area contributed by atoms with Gasteiger partial charge in [0.05, 0.1) is 0 Å². The van der Waals surface area contributed by atoms with E-state index in [-0.39, 0.29) is 0 Å². The molecule has 0 aliphatic carbocycles. The van der Waals surface area contributed by atoms with E-state index in [1.165, 1.54) is 23.2 Å². The standard InChI is InChI=1S/C16H17N5OS/c1-10(2)11-3-5-12(6-4-11)22-15-13(17)14(19-9-20-15)21-16-18-7-8-23-16/h3-10H,17H2,1-2H3,(H,18,19,20,21). The van der Waals surface area contributed by atoms with E-state index >= 15 is 0 Å². The molecule has 0 spiro atoms. The SMILES string of the molecule is CC(C)c1ccc(Oc2ncnc(Nc3nccs3)c2N)cc1. The number of nitrogens with zero attached hydrogens (tertiary/aromatic N) is 3. The fraction of sp³-hybridized carbons (Fsp3) is 0.188. The van der Waals surface area contributed by atoms with Crippen molar-refractivity contribution in [1.29, 1.82) is 0 Å². The molecule has 0 saturated carbocycles. The van der Waals surface area contributed by atoms with Gasteiger partial charge in [0, 0.05) is 11.6 Å². The molecule has 2 aromatic heterocycles. The molecule has 0 aliphatic heterocycles. The predicted molar refractivity (Wildman–Crippen MR) is 92.4 cm³/mol. The van der Waals surface area contributed by atoms with Crippen LogP contribution in [-0.4, -0.2) is 15.0 Å². The van der Waals surface area contributed by atoms with Crippen molar-refractivity contribution >= 4 is 28.0 Å². The highest BCUT2D eigenvalue weighted by atomic mass is 32.1. The zero-order valence-corrected chi connectivity index (χ0v) is 13.7. The Labute approximate surface area is 138 Å². The minimum Gasteiger partial charge on any atom is -0.437 e. The molecule has 3 aromatic rings. The summed E-state index contributed by atoms with van der Waals surface area (Å²) < 4.78 is 5.77. The Kier molecular flexibility index (Phi) is 4.38. The molecular weight excluding hydrogens is 310 g/mol. The van der Waals surface area contributed by atoms with Crippen molar-refractivity contribution in [3.05, 3.63) is 47.7 Å². The van der Waals surface area contributed by atoms with Crippen LogP contribution in [0.2, 0.25) is 0 Å². The van der Waals surface area contributed by atoms with Crippen LogP contribution in [0.25, 0.3) is 0 Å². The number of rotatable bonds is 5. The summed E-state index contributed by atoms with van der Waals surface area (Å²) in [5.41, 5.74) is 7.68. The van der Waals surface area contributed by atoms with E-state index in [4.69, 9.17) is 10.5 Å². The van der Waals surface area contributed by atoms with Crippen LogP contribution in [0, 0.1) is 0 Å². The van der Waals surface area contributed by atoms with Gasteiger partial charge >= 0.3 is 0 Å². The third-order valence-electron chi connectivity index (χ3n) is 3.27. The Balaban J connectivity index is 1.80. The molecule has 118 valence electrons. The van der Waals surface area contributed by atoms with Gasteiger partial charge in [-0.1, -0.05) is 26.0 Å². The Bertz CT molecular complexity index is 772. The lowest BCUT2D eigenvalue weighted by atomic mass is 10.0. The number of thiazole rings is 1. The molecule has 0 radical (unpaired) electrons. The summed E-state index contributed by atoms with van der Waals surface area (Å²) in [6, 6.07) is 7.88. The van der Waals surface area contributed by atoms with E-state index in [9.17, 15) is 0 Å². The second-order valence-corrected chi connectivity index (χ2v) is 6.12. The maximum Gasteiger partial charge on any atom is 0.248 e. The lowest BCUT2D eigenvalue weighted by Gasteiger charge is -2.11. The van der Waals surface area contributed by atoms with Crippen LogP contribution in [0.4, 0.5) is 16.6 Å². The smallest absolute Gasteiger partial charge is 0.248 e. The normalized spacial score (nSPS) is 10.7. The second-order valence-electron chi connectivity index (χ2n) is 5.23. The summed E-state index contributed by atoms with van der Waals surface area (Å²) >= 11 is 1.46. The number of hydrogen-bond donors (Lipinski definition) is 2. The molecule has 0 fully saturated rings. The average Bonchev–Trinajstić information content (AvgIpc) is 3.05. The number of benzene rings is 1. The highest BCUT2D eigenvalue weighted by Crippen LogP contribution is 2.31. The molecule has 0 saturated heterocycles. The largest absolute Gasteiger partial charge is 0.437 e. The number of aromatic nitrogens is 3. The van der Waals surface area contributed by atoms with Crippen molar-refractivity contribution in [2.75, 3.05) is 11.1 Å². The summed E-state index contributed by atoms with van der Waals surface area (Å²) in [5, 5.41) is 5.63. The van der Waals surface area contributed by atoms with Gasteiger partial charge in [-0.2, -0.15) is 4.98 Å². The Morgan fingerprint density at radius 2 is 1.91 bits per heavy atom. The van der Waals surface area contributed by atoms with Crippen LogP contribution < -0.4 is 15.8 Å². The topological polar surface area (TPSA) is 86.0 Å². The molecule has 23 heavy (non-hydrogen) atoms. The van der Waals surface area contributed by atoms with Crippen molar-refractivity contribution in [1.82, 2.24) is 15.0 Å². The van der Waals surface area contributed by atoms with Gasteiger partial charge in [0.2, 0.25) is 5.88 Å². The molecule has 0 amide bonds. The van der Waals surface area contributed by atoms with E-state index in [0.717, 1.165) is 0 Å². The fourth-order valence-corrected chi connectivity index (χ4v) is 2.51. The van der Waals surface area contributed by atoms with Gasteiger partial charge in [-0.15, -0.1) is 11.3 Å². The minimum absolute atomic E-state index is 0.316. The molecule has 6 nitrogen and oxygen atoms in total. The van der Waals surface area contributed by atoms with Crippen molar-refractivity contribution in [3.8, 4) is 11.6 Å². The van der Waals surface area contributed by atoms with Crippen LogP contribution in [0.15, 0.2) is 42.2 Å². The first-order valence-corrected chi connectivity index (χ1v) is 8.06. The third kappa shape index (κ3) is 3.57. The summed E-state index contributed by atoms with van der Waals surface area (Å²) in [5.74, 6) is 1.95. The lowest BCUT2D eigenvalue weighted by molar-refractivity contribution is 0.464. The quantitative estimate of drug-likeness (QED) is 0.731. The van der Waals surface area contributed by atoms with E-state index in [2.05, 4.69) is 34.1 Å². The van der Waals surface area contributed by atoms with Gasteiger partial charge in [0.25, 0.3) is 0 Å². The zero-order chi connectivity index (χ0) is 16.2. The number of nitrogen functional groups attached to an aromatic ring is 1. The van der Waals surface area contributed by atoms with Gasteiger partial charge in [-0.25, -0.2) is 9.97 Å². The van der Waals surface area contributed by atoms with E-state index in [1.807, 2.05) is 29.6 Å². The first-order chi connectivity index (χ1) is 11.1. The van der Waals surface area contributed by atoms with Gasteiger partial charge in [-0.05, 0) is 23.6 Å². The van der Waals surface area contributed by atoms with Crippen LogP contribution in [-0.2, 0) is 0 Å². The molecule has 0 atom stereocenters. The van der Waals surface area contributed by atoms with Gasteiger partial charge in [0.1, 0.15) is 17.8 Å². The van der Waals surface area contributed by atoms with Crippen LogP contribution >= 0.6 is 11.3 Å². The van der Waals surface area contributed by atoms with Gasteiger partial charge < -0.3 is 15.8 Å². The van der Waals surface area contributed by atoms with Crippen molar-refractivity contribution < 1.29 is 4.74 Å². The summed E-state index contributed by atoms with van der Waals surface area (Å²) in [4.78, 5) is 12.4. The first kappa shape index (κ1) is 15.2. The summed E-state index contributed by atoms with van der Waals surface area (Å²) in [6.07, 6.45) is 3.11. The molecular formula is C16H17N5OS.